The Morgan fingerprint density at radius 2 is 1.59 bits per heavy atom. The van der Waals surface area contributed by atoms with Crippen LogP contribution in [0.2, 0.25) is 0 Å². The van der Waals surface area contributed by atoms with Crippen molar-refractivity contribution < 1.29 is 33.0 Å². The fourth-order valence-corrected chi connectivity index (χ4v) is 3.13. The number of rotatable bonds is 10. The molecule has 34 heavy (non-hydrogen) atoms. The smallest absolute Gasteiger partial charge is 0.268 e. The summed E-state index contributed by atoms with van der Waals surface area (Å²) in [4.78, 5) is 25.7. The van der Waals surface area contributed by atoms with Crippen LogP contribution < -0.4 is 29.6 Å². The van der Waals surface area contributed by atoms with Crippen LogP contribution in [0.15, 0.2) is 64.9 Å². The van der Waals surface area contributed by atoms with Crippen LogP contribution in [0.4, 0.5) is 0 Å². The van der Waals surface area contributed by atoms with Gasteiger partial charge >= 0.3 is 0 Å². The maximum absolute atomic E-state index is 13.0. The van der Waals surface area contributed by atoms with E-state index in [-0.39, 0.29) is 12.2 Å². The Kier molecular flexibility index (Phi) is 8.17. The van der Waals surface area contributed by atoms with E-state index >= 15 is 0 Å². The van der Waals surface area contributed by atoms with Gasteiger partial charge in [-0.3, -0.25) is 9.59 Å². The number of amides is 2. The Bertz CT molecular complexity index is 1130. The molecule has 0 unspecified atom stereocenters. The molecule has 1 aromatic heterocycles. The molecule has 3 rings (SSSR count). The molecule has 0 bridgehead atoms. The first-order chi connectivity index (χ1) is 16.5. The van der Waals surface area contributed by atoms with Gasteiger partial charge in [-0.2, -0.15) is 0 Å². The average molecular weight is 466 g/mol. The lowest BCUT2D eigenvalue weighted by Crippen LogP contribution is -2.34. The van der Waals surface area contributed by atoms with E-state index in [4.69, 9.17) is 23.4 Å². The normalized spacial score (nSPS) is 10.9. The molecule has 2 aromatic carbocycles. The quantitative estimate of drug-likeness (QED) is 0.441. The average Bonchev–Trinajstić information content (AvgIpc) is 3.39. The maximum Gasteiger partial charge on any atom is 0.268 e. The van der Waals surface area contributed by atoms with E-state index < -0.39 is 11.8 Å². The van der Waals surface area contributed by atoms with Gasteiger partial charge in [0.1, 0.15) is 17.2 Å². The van der Waals surface area contributed by atoms with Gasteiger partial charge in [0.15, 0.2) is 11.5 Å². The molecule has 3 aromatic rings. The lowest BCUT2D eigenvalue weighted by atomic mass is 10.1. The molecule has 0 aliphatic carbocycles. The molecule has 0 aliphatic heterocycles. The number of carbonyl (C=O) groups excluding carboxylic acids is 2. The summed E-state index contributed by atoms with van der Waals surface area (Å²) in [6.45, 7) is 0.142. The molecule has 0 saturated carbocycles. The summed E-state index contributed by atoms with van der Waals surface area (Å²) < 4.78 is 26.5. The van der Waals surface area contributed by atoms with Crippen LogP contribution in [-0.2, 0) is 11.3 Å². The molecule has 0 spiro atoms. The lowest BCUT2D eigenvalue weighted by Gasteiger charge is -2.15. The summed E-state index contributed by atoms with van der Waals surface area (Å²) in [7, 11) is 6.08. The van der Waals surface area contributed by atoms with Gasteiger partial charge in [-0.1, -0.05) is 0 Å². The number of carbonyl (C=O) groups is 2. The van der Waals surface area contributed by atoms with Crippen LogP contribution in [0.3, 0.4) is 0 Å². The summed E-state index contributed by atoms with van der Waals surface area (Å²) in [5.41, 5.74) is 1.09. The molecule has 0 aliphatic rings. The minimum atomic E-state index is -0.507. The monoisotopic (exact) mass is 466 g/mol. The number of methoxy groups -OCH3 is 4. The largest absolute Gasteiger partial charge is 0.497 e. The van der Waals surface area contributed by atoms with Crippen molar-refractivity contribution in [3.63, 3.8) is 0 Å². The number of nitrogens with one attached hydrogen (secondary N) is 2. The fourth-order valence-electron chi connectivity index (χ4n) is 3.13. The van der Waals surface area contributed by atoms with Crippen molar-refractivity contribution >= 4 is 17.9 Å². The first-order valence-corrected chi connectivity index (χ1v) is 10.3. The molecule has 178 valence electrons. The Hall–Kier alpha value is -4.40. The third-order valence-corrected chi connectivity index (χ3v) is 4.85. The number of ether oxygens (including phenoxy) is 4. The fraction of sp³-hybridized carbons (Fsp3) is 0.200. The SMILES string of the molecule is COc1ccc(C(=O)N/C(=C\c2ccco2)C(=O)NCc2cc(OC)c(OC)c(OC)c2)cc1. The van der Waals surface area contributed by atoms with Crippen LogP contribution in [0.1, 0.15) is 21.7 Å². The van der Waals surface area contributed by atoms with Crippen LogP contribution in [0.25, 0.3) is 6.08 Å². The topological polar surface area (TPSA) is 108 Å². The molecule has 0 fully saturated rings. The standard InChI is InChI=1S/C25H26N2O7/c1-30-18-9-7-17(8-10-18)24(28)27-20(14-19-6-5-11-34-19)25(29)26-15-16-12-21(31-2)23(33-4)22(13-16)32-3/h5-14H,15H2,1-4H3,(H,26,29)(H,27,28)/b20-14-. The molecule has 9 nitrogen and oxygen atoms in total. The van der Waals surface area contributed by atoms with Crippen LogP contribution in [0, 0.1) is 0 Å². The van der Waals surface area contributed by atoms with Crippen LogP contribution in [-0.4, -0.2) is 40.3 Å². The number of benzene rings is 2. The van der Waals surface area contributed by atoms with Gasteiger partial charge in [0.05, 0.1) is 34.7 Å². The van der Waals surface area contributed by atoms with E-state index in [1.807, 2.05) is 0 Å². The zero-order chi connectivity index (χ0) is 24.5. The minimum Gasteiger partial charge on any atom is -0.497 e. The van der Waals surface area contributed by atoms with Gasteiger partial charge in [0.25, 0.3) is 11.8 Å². The highest BCUT2D eigenvalue weighted by atomic mass is 16.5. The highest BCUT2D eigenvalue weighted by molar-refractivity contribution is 6.05. The Labute approximate surface area is 197 Å². The number of hydrogen-bond donors (Lipinski definition) is 2. The highest BCUT2D eigenvalue weighted by Crippen LogP contribution is 2.38. The van der Waals surface area contributed by atoms with E-state index in [2.05, 4.69) is 10.6 Å². The first kappa shape index (κ1) is 24.2. The Morgan fingerprint density at radius 1 is 0.912 bits per heavy atom. The van der Waals surface area contributed by atoms with E-state index in [0.717, 1.165) is 0 Å². The number of furan rings is 1. The van der Waals surface area contributed by atoms with Crippen LogP contribution >= 0.6 is 0 Å². The minimum absolute atomic E-state index is 0.0169. The van der Waals surface area contributed by atoms with Crippen molar-refractivity contribution in [1.82, 2.24) is 10.6 Å². The lowest BCUT2D eigenvalue weighted by molar-refractivity contribution is -0.117. The molecule has 0 atom stereocenters. The predicted octanol–water partition coefficient (Wildman–Crippen LogP) is 3.40. The Morgan fingerprint density at radius 3 is 2.12 bits per heavy atom. The van der Waals surface area contributed by atoms with Crippen LogP contribution in [0.5, 0.6) is 23.0 Å². The summed E-state index contributed by atoms with van der Waals surface area (Å²) in [6.07, 6.45) is 2.93. The van der Waals surface area contributed by atoms with Gasteiger partial charge in [-0.05, 0) is 54.1 Å². The molecule has 9 heteroatoms. The summed E-state index contributed by atoms with van der Waals surface area (Å²) >= 11 is 0. The molecule has 0 saturated heterocycles. The molecular weight excluding hydrogens is 440 g/mol. The van der Waals surface area contributed by atoms with Gasteiger partial charge < -0.3 is 34.0 Å². The van der Waals surface area contributed by atoms with Crippen molar-refractivity contribution in [2.45, 2.75) is 6.54 Å². The van der Waals surface area contributed by atoms with Gasteiger partial charge in [-0.25, -0.2) is 0 Å². The second-order valence-electron chi connectivity index (χ2n) is 6.97. The first-order valence-electron chi connectivity index (χ1n) is 10.3. The summed E-state index contributed by atoms with van der Waals surface area (Å²) in [5.74, 6) is 1.44. The summed E-state index contributed by atoms with van der Waals surface area (Å²) in [6, 6.07) is 13.3. The second-order valence-corrected chi connectivity index (χ2v) is 6.97. The molecule has 2 N–H and O–H groups in total. The molecule has 1 heterocycles. The van der Waals surface area contributed by atoms with E-state index in [1.165, 1.54) is 40.8 Å². The van der Waals surface area contributed by atoms with Crippen molar-refractivity contribution in [2.24, 2.45) is 0 Å². The summed E-state index contributed by atoms with van der Waals surface area (Å²) in [5, 5.41) is 5.44. The third-order valence-electron chi connectivity index (χ3n) is 4.85. The van der Waals surface area contributed by atoms with Gasteiger partial charge in [-0.15, -0.1) is 0 Å². The molecule has 2 amide bonds. The van der Waals surface area contributed by atoms with Gasteiger partial charge in [0, 0.05) is 18.2 Å². The zero-order valence-corrected chi connectivity index (χ0v) is 19.3. The second kappa shape index (κ2) is 11.5. The maximum atomic E-state index is 13.0. The van der Waals surface area contributed by atoms with E-state index in [1.54, 1.807) is 48.5 Å². The Balaban J connectivity index is 1.79. The van der Waals surface area contributed by atoms with Crippen molar-refractivity contribution in [1.29, 1.82) is 0 Å². The van der Waals surface area contributed by atoms with Gasteiger partial charge in [0.2, 0.25) is 5.75 Å². The van der Waals surface area contributed by atoms with Crippen molar-refractivity contribution in [3.8, 4) is 23.0 Å². The molecule has 0 radical (unpaired) electrons. The van der Waals surface area contributed by atoms with E-state index in [0.29, 0.717) is 39.9 Å². The zero-order valence-electron chi connectivity index (χ0n) is 19.3. The molecular formula is C25H26N2O7. The van der Waals surface area contributed by atoms with Crippen molar-refractivity contribution in [2.75, 3.05) is 28.4 Å². The third kappa shape index (κ3) is 5.89. The van der Waals surface area contributed by atoms with Crippen molar-refractivity contribution in [3.05, 3.63) is 77.4 Å². The predicted molar refractivity (Wildman–Crippen MR) is 125 cm³/mol. The van der Waals surface area contributed by atoms with E-state index in [9.17, 15) is 9.59 Å². The highest BCUT2D eigenvalue weighted by Gasteiger charge is 2.17. The number of hydrogen-bond acceptors (Lipinski definition) is 7.